The summed E-state index contributed by atoms with van der Waals surface area (Å²) in [6, 6.07) is 16.7. The van der Waals surface area contributed by atoms with E-state index in [9.17, 15) is 19.3 Å². The molecule has 216 valence electrons. The highest BCUT2D eigenvalue weighted by atomic mass is 31.2. The number of alkyl halides is 1. The summed E-state index contributed by atoms with van der Waals surface area (Å²) in [5.74, 6) is 0.257. The second kappa shape index (κ2) is 12.6. The Hall–Kier alpha value is -3.12. The smallest absolute Gasteiger partial charge is 0.413 e. The summed E-state index contributed by atoms with van der Waals surface area (Å²) in [7, 11) is -4.11. The summed E-state index contributed by atoms with van der Waals surface area (Å²) in [6.45, 7) is 4.76. The zero-order chi connectivity index (χ0) is 28.9. The summed E-state index contributed by atoms with van der Waals surface area (Å²) in [5, 5.41) is 13.5. The van der Waals surface area contributed by atoms with Crippen LogP contribution < -0.4 is 20.9 Å². The van der Waals surface area contributed by atoms with Crippen LogP contribution in [0.25, 0.3) is 0 Å². The fourth-order valence-corrected chi connectivity index (χ4v) is 5.84. The van der Waals surface area contributed by atoms with Crippen molar-refractivity contribution in [2.45, 2.75) is 57.5 Å². The Bertz CT molecular complexity index is 1450. The van der Waals surface area contributed by atoms with Crippen LogP contribution in [-0.2, 0) is 25.2 Å². The van der Waals surface area contributed by atoms with Gasteiger partial charge in [0.2, 0.25) is 0 Å². The van der Waals surface area contributed by atoms with Crippen LogP contribution in [0.3, 0.4) is 0 Å². The molecule has 1 saturated heterocycles. The molecule has 2 aromatic carbocycles. The highest BCUT2D eigenvalue weighted by Gasteiger charge is 2.55. The predicted molar refractivity (Wildman–Crippen MR) is 145 cm³/mol. The van der Waals surface area contributed by atoms with Crippen molar-refractivity contribution >= 4 is 7.75 Å². The summed E-state index contributed by atoms with van der Waals surface area (Å²) in [6.07, 6.45) is -3.57. The van der Waals surface area contributed by atoms with Crippen LogP contribution in [0.2, 0.25) is 0 Å². The lowest BCUT2D eigenvalue weighted by Gasteiger charge is -2.25. The fourth-order valence-electron chi connectivity index (χ4n) is 4.31. The van der Waals surface area contributed by atoms with E-state index in [4.69, 9.17) is 18.5 Å². The predicted octanol–water partition coefficient (Wildman–Crippen LogP) is 3.23. The molecule has 40 heavy (non-hydrogen) atoms. The number of para-hydroxylation sites is 1. The molecule has 3 N–H and O–H groups in total. The number of aryl methyl sites for hydroxylation is 1. The summed E-state index contributed by atoms with van der Waals surface area (Å²) >= 11 is 0. The first-order valence-corrected chi connectivity index (χ1v) is 14.3. The number of hydrogen-bond acceptors (Lipinski definition) is 8. The molecule has 0 radical (unpaired) electrons. The van der Waals surface area contributed by atoms with Crippen molar-refractivity contribution < 1.29 is 32.6 Å². The average molecular weight is 578 g/mol. The first kappa shape index (κ1) is 29.9. The van der Waals surface area contributed by atoms with Gasteiger partial charge in [0.25, 0.3) is 5.56 Å². The molecule has 11 nitrogen and oxygen atoms in total. The van der Waals surface area contributed by atoms with Crippen LogP contribution in [0.4, 0.5) is 4.39 Å². The van der Waals surface area contributed by atoms with E-state index in [1.54, 1.807) is 37.3 Å². The zero-order valence-electron chi connectivity index (χ0n) is 22.4. The SMILES string of the molecule is Cc1cccc(COCC(C)NP(=O)(OC[C@H]2O[C@@H](n3ccc(=O)[nH]c3=O)[C@](C)(F)[C@@H]2O)Oc2ccccc2)c1. The van der Waals surface area contributed by atoms with E-state index in [2.05, 4.69) is 5.09 Å². The van der Waals surface area contributed by atoms with Gasteiger partial charge in [-0.1, -0.05) is 48.0 Å². The van der Waals surface area contributed by atoms with Crippen LogP contribution in [-0.4, -0.2) is 51.8 Å². The van der Waals surface area contributed by atoms with Gasteiger partial charge in [-0.2, -0.15) is 0 Å². The third-order valence-corrected chi connectivity index (χ3v) is 7.99. The molecule has 3 aromatic rings. The summed E-state index contributed by atoms with van der Waals surface area (Å²) in [5.41, 5.74) is -1.92. The standard InChI is InChI=1S/C27H33FN3O8P/c1-18-8-7-9-20(14-18)16-36-15-19(2)30-40(35,39-21-10-5-4-6-11-21)37-17-22-24(33)27(3,28)25(38-22)31-13-12-23(32)29-26(31)34/h4-14,19,22,24-25,33H,15-17H2,1-3H3,(H,30,35)(H,29,32,34)/t19?,22-,24-,25-,27-,40?/m1/s1. The molecule has 2 heterocycles. The average Bonchev–Trinajstić information content (AvgIpc) is 3.11. The lowest BCUT2D eigenvalue weighted by atomic mass is 9.98. The molecule has 0 aliphatic carbocycles. The fraction of sp³-hybridized carbons (Fsp3) is 0.407. The lowest BCUT2D eigenvalue weighted by molar-refractivity contribution is -0.0594. The monoisotopic (exact) mass is 577 g/mol. The summed E-state index contributed by atoms with van der Waals surface area (Å²) < 4.78 is 52.9. The van der Waals surface area contributed by atoms with Crippen molar-refractivity contribution in [1.29, 1.82) is 0 Å². The summed E-state index contributed by atoms with van der Waals surface area (Å²) in [4.78, 5) is 25.7. The van der Waals surface area contributed by atoms with Gasteiger partial charge in [0.15, 0.2) is 11.9 Å². The minimum Gasteiger partial charge on any atom is -0.413 e. The van der Waals surface area contributed by atoms with Gasteiger partial charge in [-0.15, -0.1) is 0 Å². The number of nitrogens with one attached hydrogen (secondary N) is 2. The third-order valence-electron chi connectivity index (χ3n) is 6.30. The number of aliphatic hydroxyl groups is 1. The molecule has 4 rings (SSSR count). The number of hydrogen-bond donors (Lipinski definition) is 3. The van der Waals surface area contributed by atoms with Gasteiger partial charge in [0.05, 0.1) is 19.8 Å². The molecule has 0 amide bonds. The van der Waals surface area contributed by atoms with E-state index in [1.807, 2.05) is 36.2 Å². The van der Waals surface area contributed by atoms with Crippen LogP contribution in [0.15, 0.2) is 76.4 Å². The Morgan fingerprint density at radius 2 is 1.95 bits per heavy atom. The first-order chi connectivity index (χ1) is 19.0. The molecular weight excluding hydrogens is 544 g/mol. The van der Waals surface area contributed by atoms with Crippen molar-refractivity contribution in [3.63, 3.8) is 0 Å². The highest BCUT2D eigenvalue weighted by Crippen LogP contribution is 2.47. The molecule has 0 bridgehead atoms. The second-order valence-electron chi connectivity index (χ2n) is 9.87. The van der Waals surface area contributed by atoms with E-state index in [0.717, 1.165) is 34.9 Å². The van der Waals surface area contributed by atoms with Gasteiger partial charge in [-0.25, -0.2) is 18.8 Å². The number of aromatic nitrogens is 2. The molecule has 1 fully saturated rings. The first-order valence-electron chi connectivity index (χ1n) is 12.7. The van der Waals surface area contributed by atoms with Crippen molar-refractivity contribution in [2.75, 3.05) is 13.2 Å². The molecule has 0 saturated carbocycles. The van der Waals surface area contributed by atoms with E-state index < -0.39 is 55.7 Å². The maximum absolute atomic E-state index is 15.6. The normalized spacial score (nSPS) is 24.9. The number of nitrogens with zero attached hydrogens (tertiary/aromatic N) is 1. The van der Waals surface area contributed by atoms with E-state index in [-0.39, 0.29) is 12.4 Å². The number of halogens is 1. The third kappa shape index (κ3) is 7.34. The lowest BCUT2D eigenvalue weighted by Crippen LogP contribution is -2.43. The quantitative estimate of drug-likeness (QED) is 0.277. The second-order valence-corrected chi connectivity index (χ2v) is 11.6. The molecule has 0 spiro atoms. The van der Waals surface area contributed by atoms with Crippen molar-refractivity contribution in [1.82, 2.24) is 14.6 Å². The van der Waals surface area contributed by atoms with Crippen LogP contribution in [0.5, 0.6) is 5.75 Å². The zero-order valence-corrected chi connectivity index (χ0v) is 23.3. The Kier molecular flexibility index (Phi) is 9.40. The van der Waals surface area contributed by atoms with Gasteiger partial charge in [-0.3, -0.25) is 18.9 Å². The minimum absolute atomic E-state index is 0.168. The van der Waals surface area contributed by atoms with Crippen LogP contribution in [0, 0.1) is 6.92 Å². The van der Waals surface area contributed by atoms with E-state index in [1.165, 1.54) is 0 Å². The number of aliphatic hydroxyl groups excluding tert-OH is 1. The number of rotatable bonds is 12. The van der Waals surface area contributed by atoms with E-state index in [0.29, 0.717) is 6.61 Å². The molecule has 1 aliphatic heterocycles. The minimum atomic E-state index is -4.11. The Morgan fingerprint density at radius 1 is 1.20 bits per heavy atom. The Morgan fingerprint density at radius 3 is 2.65 bits per heavy atom. The van der Waals surface area contributed by atoms with Gasteiger partial charge in [0.1, 0.15) is 18.0 Å². The largest absolute Gasteiger partial charge is 0.459 e. The highest BCUT2D eigenvalue weighted by molar-refractivity contribution is 7.52. The van der Waals surface area contributed by atoms with Gasteiger partial charge in [0, 0.05) is 18.3 Å². The maximum Gasteiger partial charge on any atom is 0.459 e. The molecular formula is C27H33FN3O8P. The van der Waals surface area contributed by atoms with Gasteiger partial charge >= 0.3 is 13.4 Å². The van der Waals surface area contributed by atoms with Gasteiger partial charge in [-0.05, 0) is 38.5 Å². The molecule has 1 aliphatic rings. The number of benzene rings is 2. The van der Waals surface area contributed by atoms with Gasteiger partial charge < -0.3 is 19.1 Å². The molecule has 1 aromatic heterocycles. The molecule has 13 heteroatoms. The van der Waals surface area contributed by atoms with E-state index >= 15 is 4.39 Å². The molecule has 2 unspecified atom stereocenters. The number of aromatic amines is 1. The number of ether oxygens (including phenoxy) is 2. The van der Waals surface area contributed by atoms with Crippen LogP contribution >= 0.6 is 7.75 Å². The maximum atomic E-state index is 15.6. The molecule has 6 atom stereocenters. The Labute approximate surface area is 230 Å². The van der Waals surface area contributed by atoms with Crippen LogP contribution in [0.1, 0.15) is 31.2 Å². The van der Waals surface area contributed by atoms with Crippen molar-refractivity contribution in [2.24, 2.45) is 0 Å². The Balaban J connectivity index is 1.44. The topological polar surface area (TPSA) is 141 Å². The number of H-pyrrole nitrogens is 1. The van der Waals surface area contributed by atoms with Crippen molar-refractivity contribution in [3.05, 3.63) is 98.8 Å². The van der Waals surface area contributed by atoms with Crippen molar-refractivity contribution in [3.8, 4) is 5.75 Å².